The Morgan fingerprint density at radius 1 is 1.36 bits per heavy atom. The fraction of sp³-hybridized carbons (Fsp3) is 0.550. The number of nitrogens with zero attached hydrogens (tertiary/aromatic N) is 2. The maximum Gasteiger partial charge on any atom is 0.287 e. The largest absolute Gasteiger partial charge is 0.459 e. The van der Waals surface area contributed by atoms with Gasteiger partial charge in [-0.3, -0.25) is 14.5 Å². The van der Waals surface area contributed by atoms with E-state index in [2.05, 4.69) is 27.4 Å². The smallest absolute Gasteiger partial charge is 0.287 e. The van der Waals surface area contributed by atoms with Crippen LogP contribution in [0.2, 0.25) is 0 Å². The summed E-state index contributed by atoms with van der Waals surface area (Å²) >= 11 is 1.41. The molecule has 1 atom stereocenters. The van der Waals surface area contributed by atoms with Crippen molar-refractivity contribution in [3.05, 3.63) is 35.2 Å². The predicted molar refractivity (Wildman–Crippen MR) is 109 cm³/mol. The van der Waals surface area contributed by atoms with Gasteiger partial charge in [0, 0.05) is 11.9 Å². The molecule has 0 radical (unpaired) electrons. The topological polar surface area (TPSA) is 87.5 Å². The summed E-state index contributed by atoms with van der Waals surface area (Å²) < 4.78 is 5.10. The van der Waals surface area contributed by atoms with Gasteiger partial charge in [0.1, 0.15) is 6.04 Å². The quantitative estimate of drug-likeness (QED) is 0.739. The highest BCUT2D eigenvalue weighted by molar-refractivity contribution is 7.13. The van der Waals surface area contributed by atoms with Crippen LogP contribution in [0.1, 0.15) is 49.9 Å². The molecule has 1 fully saturated rings. The van der Waals surface area contributed by atoms with Gasteiger partial charge in [0.2, 0.25) is 5.91 Å². The van der Waals surface area contributed by atoms with Crippen LogP contribution in [0.5, 0.6) is 0 Å². The molecule has 3 rings (SSSR count). The van der Waals surface area contributed by atoms with Crippen molar-refractivity contribution < 1.29 is 14.0 Å². The molecular formula is C20H28N4O3S. The molecule has 7 nitrogen and oxygen atoms in total. The number of rotatable bonds is 7. The zero-order valence-electron chi connectivity index (χ0n) is 16.6. The molecule has 2 N–H and O–H groups in total. The molecule has 2 amide bonds. The van der Waals surface area contributed by atoms with Crippen LogP contribution in [-0.4, -0.2) is 40.8 Å². The average molecular weight is 405 g/mol. The third-order valence-electron chi connectivity index (χ3n) is 5.02. The second-order valence-electron chi connectivity index (χ2n) is 7.76. The average Bonchev–Trinajstić information content (AvgIpc) is 3.33. The van der Waals surface area contributed by atoms with Gasteiger partial charge in [-0.05, 0) is 49.9 Å². The van der Waals surface area contributed by atoms with E-state index in [9.17, 15) is 9.59 Å². The number of likely N-dealkylation sites (tertiary alicyclic amines) is 1. The molecule has 1 unspecified atom stereocenters. The Bertz CT molecular complexity index is 779. The molecule has 1 saturated heterocycles. The zero-order valence-corrected chi connectivity index (χ0v) is 17.4. The zero-order chi connectivity index (χ0) is 20.1. The highest BCUT2D eigenvalue weighted by Gasteiger charge is 2.26. The number of hydrogen-bond acceptors (Lipinski definition) is 6. The van der Waals surface area contributed by atoms with Crippen LogP contribution < -0.4 is 10.6 Å². The van der Waals surface area contributed by atoms with E-state index in [1.807, 2.05) is 19.2 Å². The molecule has 2 aromatic heterocycles. The van der Waals surface area contributed by atoms with Crippen molar-refractivity contribution >= 4 is 28.3 Å². The summed E-state index contributed by atoms with van der Waals surface area (Å²) in [5.41, 5.74) is 0.968. The van der Waals surface area contributed by atoms with Gasteiger partial charge in [-0.25, -0.2) is 4.98 Å². The number of piperidine rings is 1. The number of nitrogens with one attached hydrogen (secondary N) is 2. The van der Waals surface area contributed by atoms with Crippen LogP contribution in [0.4, 0.5) is 5.13 Å². The number of carbonyl (C=O) groups excluding carboxylic acids is 2. The Morgan fingerprint density at radius 2 is 2.11 bits per heavy atom. The maximum absolute atomic E-state index is 12.7. The minimum Gasteiger partial charge on any atom is -0.459 e. The standard InChI is InChI=1S/C20H28N4O3S/c1-13(2)17(22-18(25)16-5-4-10-27-16)19(26)23-20-21-15(12-28-20)11-24-8-6-14(3)7-9-24/h4-5,10,12-14,17H,6-9,11H2,1-3H3,(H,22,25)(H,21,23,26). The number of amides is 2. The third-order valence-corrected chi connectivity index (χ3v) is 5.83. The fourth-order valence-electron chi connectivity index (χ4n) is 3.22. The first-order valence-electron chi connectivity index (χ1n) is 9.74. The van der Waals surface area contributed by atoms with Crippen molar-refractivity contribution in [3.8, 4) is 0 Å². The SMILES string of the molecule is CC1CCN(Cc2csc(NC(=O)C(NC(=O)c3ccco3)C(C)C)n2)CC1. The van der Waals surface area contributed by atoms with Crippen molar-refractivity contribution in [1.82, 2.24) is 15.2 Å². The Hall–Kier alpha value is -2.19. The van der Waals surface area contributed by atoms with Crippen molar-refractivity contribution in [2.24, 2.45) is 11.8 Å². The van der Waals surface area contributed by atoms with E-state index in [0.29, 0.717) is 5.13 Å². The van der Waals surface area contributed by atoms with Crippen LogP contribution in [0.3, 0.4) is 0 Å². The van der Waals surface area contributed by atoms with Gasteiger partial charge in [0.05, 0.1) is 12.0 Å². The lowest BCUT2D eigenvalue weighted by Crippen LogP contribution is -2.47. The summed E-state index contributed by atoms with van der Waals surface area (Å²) in [6.07, 6.45) is 3.87. The molecule has 2 aromatic rings. The first-order chi connectivity index (χ1) is 13.4. The van der Waals surface area contributed by atoms with E-state index in [-0.39, 0.29) is 17.6 Å². The number of aromatic nitrogens is 1. The summed E-state index contributed by atoms with van der Waals surface area (Å²) in [7, 11) is 0. The Balaban J connectivity index is 1.56. The molecule has 0 saturated carbocycles. The van der Waals surface area contributed by atoms with E-state index < -0.39 is 11.9 Å². The van der Waals surface area contributed by atoms with Crippen LogP contribution in [0, 0.1) is 11.8 Å². The molecule has 1 aliphatic rings. The minimum atomic E-state index is -0.673. The van der Waals surface area contributed by atoms with Gasteiger partial charge >= 0.3 is 0 Å². The third kappa shape index (κ3) is 5.42. The van der Waals surface area contributed by atoms with Gasteiger partial charge < -0.3 is 15.1 Å². The number of hydrogen-bond donors (Lipinski definition) is 2. The molecule has 28 heavy (non-hydrogen) atoms. The Morgan fingerprint density at radius 3 is 2.75 bits per heavy atom. The summed E-state index contributed by atoms with van der Waals surface area (Å²) in [6.45, 7) is 9.06. The number of furan rings is 1. The molecule has 3 heterocycles. The second-order valence-corrected chi connectivity index (χ2v) is 8.62. The maximum atomic E-state index is 12.7. The molecule has 1 aliphatic heterocycles. The normalized spacial score (nSPS) is 16.9. The summed E-state index contributed by atoms with van der Waals surface area (Å²) in [6, 6.07) is 2.53. The van der Waals surface area contributed by atoms with E-state index >= 15 is 0 Å². The van der Waals surface area contributed by atoms with Crippen molar-refractivity contribution in [1.29, 1.82) is 0 Å². The van der Waals surface area contributed by atoms with Crippen LogP contribution >= 0.6 is 11.3 Å². The van der Waals surface area contributed by atoms with Gasteiger partial charge in [0.25, 0.3) is 5.91 Å². The van der Waals surface area contributed by atoms with E-state index in [1.165, 1.54) is 30.4 Å². The van der Waals surface area contributed by atoms with Crippen molar-refractivity contribution in [2.45, 2.75) is 46.2 Å². The summed E-state index contributed by atoms with van der Waals surface area (Å²) in [5, 5.41) is 8.13. The van der Waals surface area contributed by atoms with E-state index in [0.717, 1.165) is 31.2 Å². The van der Waals surface area contributed by atoms with Gasteiger partial charge in [0.15, 0.2) is 10.9 Å². The molecule has 0 bridgehead atoms. The predicted octanol–water partition coefficient (Wildman–Crippen LogP) is 3.36. The number of anilines is 1. The monoisotopic (exact) mass is 404 g/mol. The first-order valence-corrected chi connectivity index (χ1v) is 10.6. The highest BCUT2D eigenvalue weighted by atomic mass is 32.1. The first kappa shape index (κ1) is 20.5. The van der Waals surface area contributed by atoms with Gasteiger partial charge in [-0.15, -0.1) is 11.3 Å². The minimum absolute atomic E-state index is 0.0753. The van der Waals surface area contributed by atoms with E-state index in [1.54, 1.807) is 12.1 Å². The van der Waals surface area contributed by atoms with E-state index in [4.69, 9.17) is 4.42 Å². The molecule has 0 aromatic carbocycles. The van der Waals surface area contributed by atoms with Crippen LogP contribution in [0.25, 0.3) is 0 Å². The molecule has 0 aliphatic carbocycles. The lowest BCUT2D eigenvalue weighted by atomic mass is 9.99. The number of carbonyl (C=O) groups is 2. The second kappa shape index (κ2) is 9.34. The van der Waals surface area contributed by atoms with Crippen LogP contribution in [-0.2, 0) is 11.3 Å². The molecular weight excluding hydrogens is 376 g/mol. The van der Waals surface area contributed by atoms with Crippen LogP contribution in [0.15, 0.2) is 28.2 Å². The van der Waals surface area contributed by atoms with Crippen molar-refractivity contribution in [3.63, 3.8) is 0 Å². The highest BCUT2D eigenvalue weighted by Crippen LogP contribution is 2.21. The lowest BCUT2D eigenvalue weighted by molar-refractivity contribution is -0.118. The Kier molecular flexibility index (Phi) is 6.85. The van der Waals surface area contributed by atoms with Crippen molar-refractivity contribution in [2.75, 3.05) is 18.4 Å². The molecule has 0 spiro atoms. The number of thiazole rings is 1. The fourth-order valence-corrected chi connectivity index (χ4v) is 3.93. The van der Waals surface area contributed by atoms with Gasteiger partial charge in [-0.1, -0.05) is 20.8 Å². The lowest BCUT2D eigenvalue weighted by Gasteiger charge is -2.29. The summed E-state index contributed by atoms with van der Waals surface area (Å²) in [5.74, 6) is 0.228. The molecule has 152 valence electrons. The molecule has 8 heteroatoms. The van der Waals surface area contributed by atoms with Gasteiger partial charge in [-0.2, -0.15) is 0 Å². The summed E-state index contributed by atoms with van der Waals surface area (Å²) in [4.78, 5) is 31.9. The Labute approximate surface area is 169 Å².